The van der Waals surface area contributed by atoms with E-state index in [1.165, 1.54) is 0 Å². The molecule has 0 fully saturated rings. The van der Waals surface area contributed by atoms with Crippen molar-refractivity contribution in [2.24, 2.45) is 0 Å². The molecule has 0 aromatic rings. The molecular weight excluding hydrogens is 128 g/mol. The molecule has 0 aromatic heterocycles. The Morgan fingerprint density at radius 1 is 0.900 bits per heavy atom. The maximum absolute atomic E-state index is 5.07. The van der Waals surface area contributed by atoms with E-state index in [1.807, 2.05) is 26.0 Å². The molecule has 0 unspecified atom stereocenters. The molecule has 0 spiro atoms. The summed E-state index contributed by atoms with van der Waals surface area (Å²) in [6.07, 6.45) is 3.94. The van der Waals surface area contributed by atoms with Crippen LogP contribution >= 0.6 is 0 Å². The third-order valence-corrected chi connectivity index (χ3v) is 1.00. The maximum atomic E-state index is 5.07. The summed E-state index contributed by atoms with van der Waals surface area (Å²) >= 11 is 0. The zero-order valence-corrected chi connectivity index (χ0v) is 6.80. The second kappa shape index (κ2) is 8.66. The van der Waals surface area contributed by atoms with Gasteiger partial charge in [0.05, 0.1) is 13.2 Å². The predicted molar refractivity (Wildman–Crippen MR) is 42.1 cm³/mol. The summed E-state index contributed by atoms with van der Waals surface area (Å²) in [6, 6.07) is 0. The monoisotopic (exact) mass is 144 g/mol. The van der Waals surface area contributed by atoms with E-state index in [2.05, 4.69) is 0 Å². The van der Waals surface area contributed by atoms with E-state index in [9.17, 15) is 0 Å². The fraction of sp³-hybridized carbons (Fsp3) is 0.750. The van der Waals surface area contributed by atoms with Crippen LogP contribution in [0.3, 0.4) is 0 Å². The van der Waals surface area contributed by atoms with Crippen molar-refractivity contribution in [3.8, 4) is 0 Å². The molecule has 0 aliphatic carbocycles. The van der Waals surface area contributed by atoms with Crippen LogP contribution in [0.4, 0.5) is 0 Å². The zero-order valence-electron chi connectivity index (χ0n) is 6.80. The Bertz CT molecular complexity index is 69.3. The van der Waals surface area contributed by atoms with E-state index >= 15 is 0 Å². The maximum Gasteiger partial charge on any atom is 0.0648 e. The van der Waals surface area contributed by atoms with Crippen molar-refractivity contribution >= 4 is 0 Å². The van der Waals surface area contributed by atoms with Crippen LogP contribution in [-0.2, 0) is 9.47 Å². The van der Waals surface area contributed by atoms with E-state index in [-0.39, 0.29) is 0 Å². The summed E-state index contributed by atoms with van der Waals surface area (Å²) in [7, 11) is 0. The molecule has 2 nitrogen and oxygen atoms in total. The first-order chi connectivity index (χ1) is 4.91. The molecule has 2 heteroatoms. The van der Waals surface area contributed by atoms with Gasteiger partial charge in [0.2, 0.25) is 0 Å². The lowest BCUT2D eigenvalue weighted by Gasteiger charge is -1.94. The third kappa shape index (κ3) is 7.66. The molecule has 0 radical (unpaired) electrons. The molecule has 0 heterocycles. The Balaban J connectivity index is 2.89. The minimum atomic E-state index is 0.698. The van der Waals surface area contributed by atoms with Gasteiger partial charge in [-0.05, 0) is 13.8 Å². The molecule has 0 rings (SSSR count). The van der Waals surface area contributed by atoms with Gasteiger partial charge in [0, 0.05) is 13.2 Å². The fourth-order valence-electron chi connectivity index (χ4n) is 0.508. The first-order valence-corrected chi connectivity index (χ1v) is 3.72. The Morgan fingerprint density at radius 3 is 1.60 bits per heavy atom. The van der Waals surface area contributed by atoms with Gasteiger partial charge < -0.3 is 9.47 Å². The molecule has 0 atom stereocenters. The second-order valence-electron chi connectivity index (χ2n) is 1.79. The molecule has 0 aliphatic heterocycles. The van der Waals surface area contributed by atoms with E-state index in [1.54, 1.807) is 0 Å². The normalized spacial score (nSPS) is 11.0. The topological polar surface area (TPSA) is 18.5 Å². The van der Waals surface area contributed by atoms with Crippen molar-refractivity contribution in [1.29, 1.82) is 0 Å². The van der Waals surface area contributed by atoms with E-state index in [0.29, 0.717) is 13.2 Å². The number of rotatable bonds is 6. The number of hydrogen-bond donors (Lipinski definition) is 0. The van der Waals surface area contributed by atoms with Crippen LogP contribution < -0.4 is 0 Å². The smallest absolute Gasteiger partial charge is 0.0648 e. The van der Waals surface area contributed by atoms with Crippen LogP contribution in [0.15, 0.2) is 12.2 Å². The van der Waals surface area contributed by atoms with Crippen LogP contribution in [0.25, 0.3) is 0 Å². The molecular formula is C8H16O2. The summed E-state index contributed by atoms with van der Waals surface area (Å²) < 4.78 is 10.1. The highest BCUT2D eigenvalue weighted by Crippen LogP contribution is 1.79. The van der Waals surface area contributed by atoms with Crippen molar-refractivity contribution < 1.29 is 9.47 Å². The van der Waals surface area contributed by atoms with Crippen molar-refractivity contribution in [3.05, 3.63) is 12.2 Å². The molecule has 0 bridgehead atoms. The van der Waals surface area contributed by atoms with Crippen molar-refractivity contribution in [2.45, 2.75) is 13.8 Å². The van der Waals surface area contributed by atoms with Gasteiger partial charge in [-0.2, -0.15) is 0 Å². The second-order valence-corrected chi connectivity index (χ2v) is 1.79. The quantitative estimate of drug-likeness (QED) is 0.416. The van der Waals surface area contributed by atoms with Crippen LogP contribution in [0.2, 0.25) is 0 Å². The number of ether oxygens (including phenoxy) is 2. The standard InChI is InChI=1S/C8H16O2/c1-3-9-7-5-6-8-10-4-2/h5-6H,3-4,7-8H2,1-2H3/b6-5+. The molecule has 0 saturated heterocycles. The first-order valence-electron chi connectivity index (χ1n) is 3.72. The minimum Gasteiger partial charge on any atom is -0.378 e. The average molecular weight is 144 g/mol. The lowest BCUT2D eigenvalue weighted by Crippen LogP contribution is -1.91. The molecule has 10 heavy (non-hydrogen) atoms. The van der Waals surface area contributed by atoms with E-state index < -0.39 is 0 Å². The molecule has 0 N–H and O–H groups in total. The lowest BCUT2D eigenvalue weighted by atomic mass is 10.5. The fourth-order valence-corrected chi connectivity index (χ4v) is 0.508. The minimum absolute atomic E-state index is 0.698. The Morgan fingerprint density at radius 2 is 1.30 bits per heavy atom. The third-order valence-electron chi connectivity index (χ3n) is 1.00. The van der Waals surface area contributed by atoms with Gasteiger partial charge in [-0.25, -0.2) is 0 Å². The van der Waals surface area contributed by atoms with Gasteiger partial charge >= 0.3 is 0 Å². The average Bonchev–Trinajstić information content (AvgIpc) is 1.97. The molecule has 0 saturated carbocycles. The van der Waals surface area contributed by atoms with Gasteiger partial charge in [0.15, 0.2) is 0 Å². The molecule has 0 amide bonds. The molecule has 60 valence electrons. The predicted octanol–water partition coefficient (Wildman–Crippen LogP) is 1.62. The van der Waals surface area contributed by atoms with Crippen LogP contribution in [0.1, 0.15) is 13.8 Å². The number of hydrogen-bond acceptors (Lipinski definition) is 2. The highest BCUT2D eigenvalue weighted by Gasteiger charge is 1.76. The van der Waals surface area contributed by atoms with Gasteiger partial charge in [0.25, 0.3) is 0 Å². The lowest BCUT2D eigenvalue weighted by molar-refractivity contribution is 0.168. The Kier molecular flexibility index (Phi) is 8.37. The van der Waals surface area contributed by atoms with Crippen molar-refractivity contribution in [1.82, 2.24) is 0 Å². The summed E-state index contributed by atoms with van der Waals surface area (Å²) in [5.74, 6) is 0. The molecule has 0 aromatic carbocycles. The van der Waals surface area contributed by atoms with Crippen LogP contribution in [0, 0.1) is 0 Å². The van der Waals surface area contributed by atoms with E-state index in [4.69, 9.17) is 9.47 Å². The van der Waals surface area contributed by atoms with Gasteiger partial charge in [-0.3, -0.25) is 0 Å². The summed E-state index contributed by atoms with van der Waals surface area (Å²) in [4.78, 5) is 0. The highest BCUT2D eigenvalue weighted by atomic mass is 16.5. The SMILES string of the molecule is CCOC/C=C/COCC. The van der Waals surface area contributed by atoms with Crippen LogP contribution in [-0.4, -0.2) is 26.4 Å². The molecule has 0 aliphatic rings. The van der Waals surface area contributed by atoms with Gasteiger partial charge in [-0.1, -0.05) is 12.2 Å². The summed E-state index contributed by atoms with van der Waals surface area (Å²) in [6.45, 7) is 6.91. The van der Waals surface area contributed by atoms with Crippen LogP contribution in [0.5, 0.6) is 0 Å². The zero-order chi connectivity index (χ0) is 7.66. The highest BCUT2D eigenvalue weighted by molar-refractivity contribution is 4.80. The Labute approximate surface area is 62.8 Å². The summed E-state index contributed by atoms with van der Waals surface area (Å²) in [5.41, 5.74) is 0. The van der Waals surface area contributed by atoms with Gasteiger partial charge in [-0.15, -0.1) is 0 Å². The largest absolute Gasteiger partial charge is 0.378 e. The Hall–Kier alpha value is -0.340. The first kappa shape index (κ1) is 9.66. The van der Waals surface area contributed by atoms with Gasteiger partial charge in [0.1, 0.15) is 0 Å². The van der Waals surface area contributed by atoms with Crippen molar-refractivity contribution in [3.63, 3.8) is 0 Å². The summed E-state index contributed by atoms with van der Waals surface area (Å²) in [5, 5.41) is 0. The van der Waals surface area contributed by atoms with E-state index in [0.717, 1.165) is 13.2 Å². The van der Waals surface area contributed by atoms with Crippen molar-refractivity contribution in [2.75, 3.05) is 26.4 Å².